The van der Waals surface area contributed by atoms with Gasteiger partial charge in [0.25, 0.3) is 5.91 Å². The van der Waals surface area contributed by atoms with Gasteiger partial charge in [0.1, 0.15) is 0 Å². The van der Waals surface area contributed by atoms with Crippen LogP contribution in [0.4, 0.5) is 5.13 Å². The van der Waals surface area contributed by atoms with Gasteiger partial charge in [-0.2, -0.15) is 0 Å². The van der Waals surface area contributed by atoms with Crippen molar-refractivity contribution in [1.29, 1.82) is 0 Å². The quantitative estimate of drug-likeness (QED) is 0.335. The van der Waals surface area contributed by atoms with E-state index in [9.17, 15) is 9.59 Å². The molecule has 1 saturated carbocycles. The Morgan fingerprint density at radius 1 is 1.03 bits per heavy atom. The minimum atomic E-state index is -0.0445. The molecule has 1 fully saturated rings. The summed E-state index contributed by atoms with van der Waals surface area (Å²) in [6, 6.07) is 21.0. The van der Waals surface area contributed by atoms with Gasteiger partial charge in [0.2, 0.25) is 5.91 Å². The van der Waals surface area contributed by atoms with Crippen LogP contribution < -0.4 is 10.6 Å². The van der Waals surface area contributed by atoms with Crippen LogP contribution in [-0.4, -0.2) is 41.8 Å². The molecule has 0 unspecified atom stereocenters. The first-order valence-electron chi connectivity index (χ1n) is 12.6. The van der Waals surface area contributed by atoms with E-state index in [4.69, 9.17) is 0 Å². The van der Waals surface area contributed by atoms with Crippen LogP contribution in [0, 0.1) is 5.92 Å². The molecule has 1 aliphatic rings. The van der Waals surface area contributed by atoms with Crippen molar-refractivity contribution >= 4 is 49.3 Å². The molecule has 5 rings (SSSR count). The van der Waals surface area contributed by atoms with Gasteiger partial charge < -0.3 is 15.5 Å². The summed E-state index contributed by atoms with van der Waals surface area (Å²) < 4.78 is 0.897. The fourth-order valence-electron chi connectivity index (χ4n) is 5.07. The van der Waals surface area contributed by atoms with Crippen molar-refractivity contribution in [2.75, 3.05) is 19.4 Å². The molecular formula is C29H32N4O2S. The van der Waals surface area contributed by atoms with Crippen LogP contribution in [0.1, 0.15) is 48.0 Å². The third-order valence-electron chi connectivity index (χ3n) is 6.95. The summed E-state index contributed by atoms with van der Waals surface area (Å²) >= 11 is 1.41. The fraction of sp³-hybridized carbons (Fsp3) is 0.345. The summed E-state index contributed by atoms with van der Waals surface area (Å²) in [7, 11) is 3.47. The lowest BCUT2D eigenvalue weighted by Crippen LogP contribution is -2.34. The van der Waals surface area contributed by atoms with Crippen molar-refractivity contribution < 1.29 is 9.59 Å². The van der Waals surface area contributed by atoms with Crippen molar-refractivity contribution in [3.63, 3.8) is 0 Å². The highest BCUT2D eigenvalue weighted by Gasteiger charge is 2.24. The summed E-state index contributed by atoms with van der Waals surface area (Å²) in [4.78, 5) is 31.1. The van der Waals surface area contributed by atoms with E-state index in [1.807, 2.05) is 12.1 Å². The second-order valence-electron chi connectivity index (χ2n) is 9.95. The zero-order valence-electron chi connectivity index (χ0n) is 20.8. The molecule has 186 valence electrons. The highest BCUT2D eigenvalue weighted by molar-refractivity contribution is 7.22. The Balaban J connectivity index is 1.14. The van der Waals surface area contributed by atoms with E-state index >= 15 is 0 Å². The van der Waals surface area contributed by atoms with E-state index in [-0.39, 0.29) is 11.8 Å². The SMILES string of the molecule is CN(C)C(=O)c1ccc2nc(NC(=O)C[C@H]3CCC[C@@H](NCc4ccc5ccccc5c4)C3)sc2c1. The predicted molar refractivity (Wildman–Crippen MR) is 147 cm³/mol. The highest BCUT2D eigenvalue weighted by atomic mass is 32.1. The second-order valence-corrected chi connectivity index (χ2v) is 11.0. The number of amides is 2. The Morgan fingerprint density at radius 3 is 2.69 bits per heavy atom. The van der Waals surface area contributed by atoms with Crippen molar-refractivity contribution in [2.24, 2.45) is 5.92 Å². The van der Waals surface area contributed by atoms with Gasteiger partial charge >= 0.3 is 0 Å². The topological polar surface area (TPSA) is 74.3 Å². The molecule has 2 N–H and O–H groups in total. The van der Waals surface area contributed by atoms with Gasteiger partial charge in [-0.15, -0.1) is 0 Å². The van der Waals surface area contributed by atoms with Crippen LogP contribution in [0.25, 0.3) is 21.0 Å². The minimum Gasteiger partial charge on any atom is -0.345 e. The van der Waals surface area contributed by atoms with Crippen LogP contribution in [0.5, 0.6) is 0 Å². The van der Waals surface area contributed by atoms with Crippen LogP contribution in [0.15, 0.2) is 60.7 Å². The molecule has 1 aliphatic carbocycles. The van der Waals surface area contributed by atoms with Gasteiger partial charge in [-0.05, 0) is 65.8 Å². The normalized spacial score (nSPS) is 17.8. The Morgan fingerprint density at radius 2 is 1.86 bits per heavy atom. The van der Waals surface area contributed by atoms with Gasteiger partial charge in [0.05, 0.1) is 10.2 Å². The summed E-state index contributed by atoms with van der Waals surface area (Å²) in [5.41, 5.74) is 2.71. The van der Waals surface area contributed by atoms with Gasteiger partial charge in [-0.1, -0.05) is 54.2 Å². The van der Waals surface area contributed by atoms with E-state index in [1.165, 1.54) is 27.7 Å². The smallest absolute Gasteiger partial charge is 0.253 e. The standard InChI is InChI=1S/C29H32N4O2S/c1-33(2)28(35)23-12-13-25-26(17-23)36-29(31-25)32-27(34)16-19-6-5-9-24(15-19)30-18-20-10-11-21-7-3-4-8-22(21)14-20/h3-4,7-8,10-14,17,19,24,30H,5-6,9,15-16,18H2,1-2H3,(H,31,32,34)/t19-,24+/m0/s1. The van der Waals surface area contributed by atoms with Crippen LogP contribution >= 0.6 is 11.3 Å². The predicted octanol–water partition coefficient (Wildman–Crippen LogP) is 5.83. The molecule has 36 heavy (non-hydrogen) atoms. The highest BCUT2D eigenvalue weighted by Crippen LogP contribution is 2.30. The Bertz CT molecular complexity index is 1400. The summed E-state index contributed by atoms with van der Waals surface area (Å²) in [6.07, 6.45) is 4.89. The van der Waals surface area contributed by atoms with Crippen molar-refractivity contribution in [3.05, 3.63) is 71.8 Å². The molecule has 7 heteroatoms. The van der Waals surface area contributed by atoms with E-state index in [2.05, 4.69) is 58.1 Å². The minimum absolute atomic E-state index is 0.0128. The number of hydrogen-bond donors (Lipinski definition) is 2. The maximum Gasteiger partial charge on any atom is 0.253 e. The summed E-state index contributed by atoms with van der Waals surface area (Å²) in [5, 5.41) is 9.84. The molecule has 1 heterocycles. The molecule has 2 atom stereocenters. The Hall–Kier alpha value is -3.29. The van der Waals surface area contributed by atoms with E-state index < -0.39 is 0 Å². The number of carbonyl (C=O) groups is 2. The second kappa shape index (κ2) is 10.8. The van der Waals surface area contributed by atoms with Gasteiger partial charge in [-0.3, -0.25) is 9.59 Å². The van der Waals surface area contributed by atoms with E-state index in [1.54, 1.807) is 25.1 Å². The summed E-state index contributed by atoms with van der Waals surface area (Å²) in [5.74, 6) is 0.335. The molecule has 0 saturated heterocycles. The molecule has 0 bridgehead atoms. The van der Waals surface area contributed by atoms with Crippen LogP contribution in [-0.2, 0) is 11.3 Å². The molecule has 0 aliphatic heterocycles. The average molecular weight is 501 g/mol. The maximum absolute atomic E-state index is 12.8. The van der Waals surface area contributed by atoms with Gasteiger partial charge in [0.15, 0.2) is 5.13 Å². The lowest BCUT2D eigenvalue weighted by Gasteiger charge is -2.29. The molecule has 0 spiro atoms. The Kier molecular flexibility index (Phi) is 7.30. The molecule has 0 radical (unpaired) electrons. The molecule has 1 aromatic heterocycles. The van der Waals surface area contributed by atoms with Crippen LogP contribution in [0.3, 0.4) is 0 Å². The third kappa shape index (κ3) is 5.74. The van der Waals surface area contributed by atoms with Gasteiger partial charge in [-0.25, -0.2) is 4.98 Å². The van der Waals surface area contributed by atoms with E-state index in [0.29, 0.717) is 29.1 Å². The molecule has 6 nitrogen and oxygen atoms in total. The van der Waals surface area contributed by atoms with Crippen molar-refractivity contribution in [3.8, 4) is 0 Å². The van der Waals surface area contributed by atoms with Gasteiger partial charge in [0, 0.05) is 38.7 Å². The first kappa shape index (κ1) is 24.4. The first-order valence-corrected chi connectivity index (χ1v) is 13.4. The lowest BCUT2D eigenvalue weighted by atomic mass is 9.83. The maximum atomic E-state index is 12.8. The number of anilines is 1. The lowest BCUT2D eigenvalue weighted by molar-refractivity contribution is -0.117. The number of thiazole rings is 1. The molecular weight excluding hydrogens is 468 g/mol. The third-order valence-corrected chi connectivity index (χ3v) is 7.89. The number of fused-ring (bicyclic) bond motifs is 2. The number of nitrogens with zero attached hydrogens (tertiary/aromatic N) is 2. The number of benzene rings is 3. The van der Waals surface area contributed by atoms with Crippen molar-refractivity contribution in [2.45, 2.75) is 44.7 Å². The molecule has 4 aromatic rings. The molecule has 2 amide bonds. The zero-order valence-corrected chi connectivity index (χ0v) is 21.6. The van der Waals surface area contributed by atoms with E-state index in [0.717, 1.165) is 42.4 Å². The fourth-order valence-corrected chi connectivity index (χ4v) is 6.00. The average Bonchev–Trinajstić information content (AvgIpc) is 3.28. The monoisotopic (exact) mass is 500 g/mol. The zero-order chi connectivity index (χ0) is 25.1. The number of rotatable bonds is 7. The number of aromatic nitrogens is 1. The summed E-state index contributed by atoms with van der Waals surface area (Å²) in [6.45, 7) is 0.846. The number of nitrogens with one attached hydrogen (secondary N) is 2. The number of hydrogen-bond acceptors (Lipinski definition) is 5. The first-order chi connectivity index (χ1) is 17.4. The Labute approximate surface area is 215 Å². The number of carbonyl (C=O) groups excluding carboxylic acids is 2. The van der Waals surface area contributed by atoms with Crippen LogP contribution in [0.2, 0.25) is 0 Å². The largest absolute Gasteiger partial charge is 0.345 e. The molecule has 3 aromatic carbocycles. The van der Waals surface area contributed by atoms with Crippen molar-refractivity contribution in [1.82, 2.24) is 15.2 Å².